The van der Waals surface area contributed by atoms with Crippen molar-refractivity contribution in [2.45, 2.75) is 26.7 Å². The Morgan fingerprint density at radius 3 is 2.57 bits per heavy atom. The first-order valence-corrected chi connectivity index (χ1v) is 9.18. The summed E-state index contributed by atoms with van der Waals surface area (Å²) >= 11 is 0. The molecule has 9 heteroatoms. The lowest BCUT2D eigenvalue weighted by molar-refractivity contribution is 0.785. The molecule has 0 bridgehead atoms. The third-order valence-electron chi connectivity index (χ3n) is 4.47. The molecule has 0 fully saturated rings. The summed E-state index contributed by atoms with van der Waals surface area (Å²) in [5.74, 6) is 1.17. The highest BCUT2D eigenvalue weighted by molar-refractivity contribution is 14.0. The molecule has 0 atom stereocenters. The van der Waals surface area contributed by atoms with Gasteiger partial charge in [-0.05, 0) is 24.0 Å². The van der Waals surface area contributed by atoms with E-state index in [1.165, 1.54) is 17.5 Å². The van der Waals surface area contributed by atoms with E-state index in [2.05, 4.69) is 62.7 Å². The number of nitrogens with zero attached hydrogens (tertiary/aromatic N) is 5. The Labute approximate surface area is 182 Å². The number of halogens is 1. The molecule has 0 aliphatic heterocycles. The maximum atomic E-state index is 6.10. The largest absolute Gasteiger partial charge is 0.370 e. The lowest BCUT2D eigenvalue weighted by Gasteiger charge is -2.15. The van der Waals surface area contributed by atoms with Crippen LogP contribution >= 0.6 is 24.0 Å². The number of benzene rings is 1. The molecular weight excluding hydrogens is 467 g/mol. The molecule has 0 unspecified atom stereocenters. The molecule has 0 aliphatic carbocycles. The van der Waals surface area contributed by atoms with E-state index in [0.29, 0.717) is 19.0 Å². The fraction of sp³-hybridized carbons (Fsp3) is 0.368. The molecule has 0 aliphatic rings. The number of nitrogens with two attached hydrogens (primary N) is 1. The Morgan fingerprint density at radius 2 is 1.89 bits per heavy atom. The Kier molecular flexibility index (Phi) is 7.97. The van der Waals surface area contributed by atoms with Crippen molar-refractivity contribution in [3.63, 3.8) is 0 Å². The van der Waals surface area contributed by atoms with Crippen LogP contribution in [0.5, 0.6) is 0 Å². The SMILES string of the molecule is CCc1cccc(CC)c1NC(N)=NCCNc1ncnc2c1cnn2C.I. The Bertz CT molecular complexity index is 928. The van der Waals surface area contributed by atoms with Crippen LogP contribution < -0.4 is 16.4 Å². The van der Waals surface area contributed by atoms with Crippen molar-refractivity contribution in [1.29, 1.82) is 0 Å². The molecule has 1 aromatic carbocycles. The second kappa shape index (κ2) is 10.2. The van der Waals surface area contributed by atoms with Gasteiger partial charge in [0.05, 0.1) is 18.1 Å². The number of fused-ring (bicyclic) bond motifs is 1. The van der Waals surface area contributed by atoms with Crippen LogP contribution in [0.1, 0.15) is 25.0 Å². The summed E-state index contributed by atoms with van der Waals surface area (Å²) in [6.45, 7) is 5.41. The molecule has 3 rings (SSSR count). The predicted octanol–water partition coefficient (Wildman–Crippen LogP) is 2.94. The summed E-state index contributed by atoms with van der Waals surface area (Å²) in [5.41, 5.74) is 10.4. The van der Waals surface area contributed by atoms with E-state index < -0.39 is 0 Å². The van der Waals surface area contributed by atoms with Gasteiger partial charge < -0.3 is 16.4 Å². The zero-order chi connectivity index (χ0) is 19.2. The van der Waals surface area contributed by atoms with Gasteiger partial charge in [-0.25, -0.2) is 9.97 Å². The summed E-state index contributed by atoms with van der Waals surface area (Å²) in [6.07, 6.45) is 5.17. The van der Waals surface area contributed by atoms with Crippen LogP contribution in [0.2, 0.25) is 0 Å². The fourth-order valence-corrected chi connectivity index (χ4v) is 3.02. The van der Waals surface area contributed by atoms with E-state index >= 15 is 0 Å². The van der Waals surface area contributed by atoms with Crippen molar-refractivity contribution in [2.24, 2.45) is 17.8 Å². The maximum Gasteiger partial charge on any atom is 0.193 e. The standard InChI is InChI=1S/C19H26N8.HI/c1-4-13-7-6-8-14(5-2)16(13)26-19(20)22-10-9-21-17-15-11-25-27(3)18(15)24-12-23-17;/h6-8,11-12H,4-5,9-10H2,1-3H3,(H3,20,22,26)(H,21,23,24);1H. The minimum atomic E-state index is 0. The van der Waals surface area contributed by atoms with E-state index in [4.69, 9.17) is 5.73 Å². The van der Waals surface area contributed by atoms with E-state index in [-0.39, 0.29) is 24.0 Å². The van der Waals surface area contributed by atoms with Crippen LogP contribution in [0.15, 0.2) is 35.7 Å². The van der Waals surface area contributed by atoms with Crippen molar-refractivity contribution in [2.75, 3.05) is 23.7 Å². The number of hydrogen-bond acceptors (Lipinski definition) is 5. The number of anilines is 2. The second-order valence-electron chi connectivity index (χ2n) is 6.20. The summed E-state index contributed by atoms with van der Waals surface area (Å²) in [5, 5.41) is 11.6. The van der Waals surface area contributed by atoms with Crippen LogP contribution in [0, 0.1) is 0 Å². The Balaban J connectivity index is 0.00000280. The van der Waals surface area contributed by atoms with Crippen molar-refractivity contribution >= 4 is 52.5 Å². The Hall–Kier alpha value is -2.43. The van der Waals surface area contributed by atoms with Gasteiger partial charge in [-0.1, -0.05) is 32.0 Å². The van der Waals surface area contributed by atoms with Gasteiger partial charge in [0.15, 0.2) is 11.6 Å². The number of hydrogen-bond donors (Lipinski definition) is 3. The number of rotatable bonds is 7. The van der Waals surface area contributed by atoms with Gasteiger partial charge in [-0.2, -0.15) is 5.10 Å². The minimum absolute atomic E-state index is 0. The molecule has 2 heterocycles. The van der Waals surface area contributed by atoms with Crippen LogP contribution in [0.4, 0.5) is 11.5 Å². The molecule has 0 saturated carbocycles. The van der Waals surface area contributed by atoms with Gasteiger partial charge in [0.1, 0.15) is 12.1 Å². The molecule has 2 aromatic heterocycles. The quantitative estimate of drug-likeness (QED) is 0.202. The molecule has 0 spiro atoms. The molecule has 0 saturated heterocycles. The predicted molar refractivity (Wildman–Crippen MR) is 126 cm³/mol. The topological polar surface area (TPSA) is 106 Å². The smallest absolute Gasteiger partial charge is 0.193 e. The van der Waals surface area contributed by atoms with Gasteiger partial charge >= 0.3 is 0 Å². The van der Waals surface area contributed by atoms with E-state index in [1.54, 1.807) is 10.9 Å². The van der Waals surface area contributed by atoms with Gasteiger partial charge in [-0.3, -0.25) is 9.67 Å². The summed E-state index contributed by atoms with van der Waals surface area (Å²) in [6, 6.07) is 6.32. The monoisotopic (exact) mass is 494 g/mol. The number of aliphatic imine (C=N–C) groups is 1. The third kappa shape index (κ3) is 4.89. The number of guanidine groups is 1. The third-order valence-corrected chi connectivity index (χ3v) is 4.47. The van der Waals surface area contributed by atoms with Crippen molar-refractivity contribution in [3.05, 3.63) is 41.9 Å². The van der Waals surface area contributed by atoms with Crippen molar-refractivity contribution in [1.82, 2.24) is 19.7 Å². The molecule has 0 amide bonds. The average molecular weight is 494 g/mol. The van der Waals surface area contributed by atoms with Gasteiger partial charge in [0.2, 0.25) is 0 Å². The fourth-order valence-electron chi connectivity index (χ4n) is 3.02. The molecule has 0 radical (unpaired) electrons. The van der Waals surface area contributed by atoms with Gasteiger partial charge in [-0.15, -0.1) is 24.0 Å². The maximum absolute atomic E-state index is 6.10. The van der Waals surface area contributed by atoms with Crippen LogP contribution in [-0.2, 0) is 19.9 Å². The van der Waals surface area contributed by atoms with Crippen LogP contribution in [0.3, 0.4) is 0 Å². The number of para-hydroxylation sites is 1. The molecule has 8 nitrogen and oxygen atoms in total. The zero-order valence-electron chi connectivity index (χ0n) is 16.4. The molecule has 3 aromatic rings. The van der Waals surface area contributed by atoms with E-state index in [9.17, 15) is 0 Å². The van der Waals surface area contributed by atoms with E-state index in [1.807, 2.05) is 7.05 Å². The molecule has 150 valence electrons. The highest BCUT2D eigenvalue weighted by atomic mass is 127. The lowest BCUT2D eigenvalue weighted by Crippen LogP contribution is -2.25. The van der Waals surface area contributed by atoms with Crippen molar-refractivity contribution in [3.8, 4) is 0 Å². The van der Waals surface area contributed by atoms with Crippen LogP contribution in [-0.4, -0.2) is 38.8 Å². The normalized spacial score (nSPS) is 11.3. The zero-order valence-corrected chi connectivity index (χ0v) is 18.8. The van der Waals surface area contributed by atoms with Gasteiger partial charge in [0, 0.05) is 19.3 Å². The first-order valence-electron chi connectivity index (χ1n) is 9.18. The molecular formula is C19H27IN8. The average Bonchev–Trinajstić information content (AvgIpc) is 3.07. The van der Waals surface area contributed by atoms with Crippen molar-refractivity contribution < 1.29 is 0 Å². The molecule has 28 heavy (non-hydrogen) atoms. The number of aromatic nitrogens is 4. The number of nitrogens with one attached hydrogen (secondary N) is 2. The second-order valence-corrected chi connectivity index (χ2v) is 6.20. The summed E-state index contributed by atoms with van der Waals surface area (Å²) < 4.78 is 1.72. The number of aryl methyl sites for hydroxylation is 3. The van der Waals surface area contributed by atoms with Gasteiger partial charge in [0.25, 0.3) is 0 Å². The summed E-state index contributed by atoms with van der Waals surface area (Å²) in [4.78, 5) is 12.9. The minimum Gasteiger partial charge on any atom is -0.370 e. The molecule has 4 N–H and O–H groups in total. The lowest BCUT2D eigenvalue weighted by atomic mass is 10.0. The highest BCUT2D eigenvalue weighted by Crippen LogP contribution is 2.22. The van der Waals surface area contributed by atoms with Crippen LogP contribution in [0.25, 0.3) is 11.0 Å². The highest BCUT2D eigenvalue weighted by Gasteiger charge is 2.08. The van der Waals surface area contributed by atoms with E-state index in [0.717, 1.165) is 35.4 Å². The Morgan fingerprint density at radius 1 is 1.18 bits per heavy atom. The first-order chi connectivity index (χ1) is 13.1. The first kappa shape index (κ1) is 21.9. The summed E-state index contributed by atoms with van der Waals surface area (Å²) in [7, 11) is 1.86.